The van der Waals surface area contributed by atoms with Gasteiger partial charge in [0.2, 0.25) is 0 Å². The molecule has 1 heterocycles. The Kier molecular flexibility index (Phi) is 4.75. The van der Waals surface area contributed by atoms with Gasteiger partial charge in [-0.05, 0) is 6.42 Å². The second-order valence-corrected chi connectivity index (χ2v) is 4.03. The highest BCUT2D eigenvalue weighted by Gasteiger charge is 2.38. The number of carbonyl (C=O) groups is 1. The summed E-state index contributed by atoms with van der Waals surface area (Å²) in [6.07, 6.45) is -0.866. The van der Waals surface area contributed by atoms with Crippen LogP contribution in [0.5, 0.6) is 0 Å². The van der Waals surface area contributed by atoms with Crippen molar-refractivity contribution in [3.8, 4) is 0 Å². The van der Waals surface area contributed by atoms with Gasteiger partial charge < -0.3 is 5.32 Å². The van der Waals surface area contributed by atoms with Crippen LogP contribution >= 0.6 is 0 Å². The lowest BCUT2D eigenvalue weighted by molar-refractivity contribution is -0.141. The van der Waals surface area contributed by atoms with Gasteiger partial charge in [-0.2, -0.15) is 18.3 Å². The van der Waals surface area contributed by atoms with Crippen LogP contribution in [-0.2, 0) is 13.2 Å². The van der Waals surface area contributed by atoms with Crippen molar-refractivity contribution in [2.24, 2.45) is 7.05 Å². The lowest BCUT2D eigenvalue weighted by Gasteiger charge is -2.06. The highest BCUT2D eigenvalue weighted by atomic mass is 19.4. The molecule has 1 aromatic rings. The van der Waals surface area contributed by atoms with Crippen LogP contribution in [-0.4, -0.2) is 22.2 Å². The van der Waals surface area contributed by atoms with Crippen LogP contribution in [0.1, 0.15) is 42.2 Å². The molecule has 1 aromatic heterocycles. The summed E-state index contributed by atoms with van der Waals surface area (Å²) >= 11 is 0. The molecule has 0 radical (unpaired) electrons. The molecule has 0 fully saturated rings. The summed E-state index contributed by atoms with van der Waals surface area (Å²) in [5.74, 6) is -0.730. The number of hydrogen-bond donors (Lipinski definition) is 1. The van der Waals surface area contributed by atoms with Crippen LogP contribution in [0.15, 0.2) is 6.20 Å². The van der Waals surface area contributed by atoms with Crippen molar-refractivity contribution in [3.05, 3.63) is 17.5 Å². The van der Waals surface area contributed by atoms with E-state index in [4.69, 9.17) is 0 Å². The van der Waals surface area contributed by atoms with E-state index in [0.29, 0.717) is 6.54 Å². The van der Waals surface area contributed by atoms with Crippen LogP contribution in [0, 0.1) is 0 Å². The minimum Gasteiger partial charge on any atom is -0.352 e. The molecule has 0 aliphatic carbocycles. The van der Waals surface area contributed by atoms with Gasteiger partial charge in [0.25, 0.3) is 5.91 Å². The predicted octanol–water partition coefficient (Wildman–Crippen LogP) is 2.36. The molecule has 0 saturated heterocycles. The Hall–Kier alpha value is -1.53. The molecule has 102 valence electrons. The molecule has 7 heteroatoms. The van der Waals surface area contributed by atoms with E-state index in [9.17, 15) is 18.0 Å². The first kappa shape index (κ1) is 14.5. The number of alkyl halides is 3. The van der Waals surface area contributed by atoms with Crippen LogP contribution in [0.2, 0.25) is 0 Å². The fraction of sp³-hybridized carbons (Fsp3) is 0.636. The highest BCUT2D eigenvalue weighted by Crippen LogP contribution is 2.30. The van der Waals surface area contributed by atoms with Gasteiger partial charge in [0, 0.05) is 19.8 Å². The zero-order chi connectivity index (χ0) is 13.8. The van der Waals surface area contributed by atoms with Crippen molar-refractivity contribution in [1.82, 2.24) is 15.1 Å². The van der Waals surface area contributed by atoms with E-state index in [1.54, 1.807) is 0 Å². The molecular formula is C11H16F3N3O. The van der Waals surface area contributed by atoms with Crippen molar-refractivity contribution in [2.75, 3.05) is 6.54 Å². The van der Waals surface area contributed by atoms with Gasteiger partial charge >= 0.3 is 6.18 Å². The molecule has 0 atom stereocenters. The number of aromatic nitrogens is 2. The molecule has 1 rings (SSSR count). The number of amides is 1. The predicted molar refractivity (Wildman–Crippen MR) is 60.1 cm³/mol. The Labute approximate surface area is 103 Å². The summed E-state index contributed by atoms with van der Waals surface area (Å²) in [4.78, 5) is 11.6. The number of unbranched alkanes of at least 4 members (excludes halogenated alkanes) is 2. The van der Waals surface area contributed by atoms with Crippen molar-refractivity contribution in [2.45, 2.75) is 32.4 Å². The Balaban J connectivity index is 2.73. The molecule has 0 aliphatic heterocycles. The van der Waals surface area contributed by atoms with Gasteiger partial charge in [-0.1, -0.05) is 19.8 Å². The van der Waals surface area contributed by atoms with Crippen molar-refractivity contribution in [1.29, 1.82) is 0 Å². The summed E-state index contributed by atoms with van der Waals surface area (Å²) in [5.41, 5.74) is -1.57. The Morgan fingerprint density at radius 2 is 2.11 bits per heavy atom. The number of hydrogen-bond acceptors (Lipinski definition) is 2. The maximum Gasteiger partial charge on any atom is 0.435 e. The van der Waals surface area contributed by atoms with Gasteiger partial charge in [-0.25, -0.2) is 0 Å². The minimum absolute atomic E-state index is 0.374. The Morgan fingerprint density at radius 1 is 1.44 bits per heavy atom. The second-order valence-electron chi connectivity index (χ2n) is 4.03. The molecule has 4 nitrogen and oxygen atoms in total. The monoisotopic (exact) mass is 263 g/mol. The maximum atomic E-state index is 12.6. The van der Waals surface area contributed by atoms with E-state index in [1.165, 1.54) is 7.05 Å². The smallest absolute Gasteiger partial charge is 0.352 e. The summed E-state index contributed by atoms with van der Waals surface area (Å²) in [7, 11) is 1.35. The van der Waals surface area contributed by atoms with Gasteiger partial charge in [0.05, 0.1) is 5.56 Å². The van der Waals surface area contributed by atoms with Gasteiger partial charge in [0.15, 0.2) is 5.69 Å². The average molecular weight is 263 g/mol. The van der Waals surface area contributed by atoms with Gasteiger partial charge in [-0.15, -0.1) is 0 Å². The molecule has 0 aromatic carbocycles. The van der Waals surface area contributed by atoms with Crippen LogP contribution in [0.25, 0.3) is 0 Å². The first-order chi connectivity index (χ1) is 8.36. The maximum absolute atomic E-state index is 12.6. The average Bonchev–Trinajstić information content (AvgIpc) is 2.66. The van der Waals surface area contributed by atoms with Crippen LogP contribution in [0.3, 0.4) is 0 Å². The van der Waals surface area contributed by atoms with Crippen molar-refractivity contribution < 1.29 is 18.0 Å². The molecule has 0 unspecified atom stereocenters. The third kappa shape index (κ3) is 3.75. The molecule has 0 aliphatic rings. The van der Waals surface area contributed by atoms with E-state index in [0.717, 1.165) is 30.1 Å². The molecular weight excluding hydrogens is 247 g/mol. The van der Waals surface area contributed by atoms with E-state index in [1.807, 2.05) is 6.92 Å². The summed E-state index contributed by atoms with van der Waals surface area (Å²) in [6, 6.07) is 0. The van der Waals surface area contributed by atoms with Crippen molar-refractivity contribution >= 4 is 5.91 Å². The summed E-state index contributed by atoms with van der Waals surface area (Å²) in [6.45, 7) is 2.38. The number of carbonyl (C=O) groups excluding carboxylic acids is 1. The lowest BCUT2D eigenvalue weighted by atomic mass is 10.2. The van der Waals surface area contributed by atoms with E-state index < -0.39 is 23.3 Å². The standard InChI is InChI=1S/C11H16F3N3O/c1-3-4-5-6-15-10(18)8-7-17(2)16-9(8)11(12,13)14/h7H,3-6H2,1-2H3,(H,15,18). The zero-order valence-corrected chi connectivity index (χ0v) is 10.3. The third-order valence-corrected chi connectivity index (χ3v) is 2.41. The molecule has 1 N–H and O–H groups in total. The van der Waals surface area contributed by atoms with E-state index in [-0.39, 0.29) is 0 Å². The highest BCUT2D eigenvalue weighted by molar-refractivity contribution is 5.95. The number of halogens is 3. The molecule has 0 saturated carbocycles. The number of nitrogens with one attached hydrogen (secondary N) is 1. The largest absolute Gasteiger partial charge is 0.435 e. The topological polar surface area (TPSA) is 46.9 Å². The molecule has 18 heavy (non-hydrogen) atoms. The SMILES string of the molecule is CCCCCNC(=O)c1cn(C)nc1C(F)(F)F. The quantitative estimate of drug-likeness (QED) is 0.829. The third-order valence-electron chi connectivity index (χ3n) is 2.41. The Morgan fingerprint density at radius 3 is 2.67 bits per heavy atom. The van der Waals surface area contributed by atoms with E-state index >= 15 is 0 Å². The number of aryl methyl sites for hydroxylation is 1. The summed E-state index contributed by atoms with van der Waals surface area (Å²) in [5, 5.41) is 5.75. The van der Waals surface area contributed by atoms with E-state index in [2.05, 4.69) is 10.4 Å². The fourth-order valence-corrected chi connectivity index (χ4v) is 1.54. The van der Waals surface area contributed by atoms with Crippen LogP contribution in [0.4, 0.5) is 13.2 Å². The first-order valence-electron chi connectivity index (χ1n) is 5.75. The summed E-state index contributed by atoms with van der Waals surface area (Å²) < 4.78 is 38.8. The van der Waals surface area contributed by atoms with Crippen LogP contribution < -0.4 is 5.32 Å². The first-order valence-corrected chi connectivity index (χ1v) is 5.75. The zero-order valence-electron chi connectivity index (χ0n) is 10.3. The molecule has 0 bridgehead atoms. The number of nitrogens with zero attached hydrogens (tertiary/aromatic N) is 2. The Bertz CT molecular complexity index is 412. The normalized spacial score (nSPS) is 11.6. The number of rotatable bonds is 5. The van der Waals surface area contributed by atoms with Gasteiger partial charge in [0.1, 0.15) is 0 Å². The minimum atomic E-state index is -4.61. The lowest BCUT2D eigenvalue weighted by Crippen LogP contribution is -2.26. The molecule has 0 spiro atoms. The van der Waals surface area contributed by atoms with Gasteiger partial charge in [-0.3, -0.25) is 9.48 Å². The molecule has 1 amide bonds. The van der Waals surface area contributed by atoms with Crippen molar-refractivity contribution in [3.63, 3.8) is 0 Å². The second kappa shape index (κ2) is 5.88. The fourth-order valence-electron chi connectivity index (χ4n) is 1.54.